The second-order valence-corrected chi connectivity index (χ2v) is 6.63. The zero-order valence-electron chi connectivity index (χ0n) is 14.2. The zero-order chi connectivity index (χ0) is 14.7. The van der Waals surface area contributed by atoms with E-state index in [9.17, 15) is 0 Å². The van der Waals surface area contributed by atoms with Gasteiger partial charge in [0.15, 0.2) is 11.5 Å². The van der Waals surface area contributed by atoms with E-state index in [4.69, 9.17) is 14.2 Å². The van der Waals surface area contributed by atoms with Crippen LogP contribution < -0.4 is 28.3 Å². The third kappa shape index (κ3) is 2.27. The fourth-order valence-corrected chi connectivity index (χ4v) is 4.70. The SMILES string of the molecule is COC1=C[C@]23CCCN2CCc2cc4c(cc2[C@@H]3[CH-]1)OCO4.[Li+].[OH-]. The smallest absolute Gasteiger partial charge is 0.870 e. The number of fused-ring (bicyclic) bond motifs is 3. The summed E-state index contributed by atoms with van der Waals surface area (Å²) in [7, 11) is 1.77. The summed E-state index contributed by atoms with van der Waals surface area (Å²) in [6.07, 6.45) is 8.19. The second-order valence-electron chi connectivity index (χ2n) is 6.63. The molecule has 24 heavy (non-hydrogen) atoms. The van der Waals surface area contributed by atoms with Gasteiger partial charge in [-0.05, 0) is 60.4 Å². The van der Waals surface area contributed by atoms with E-state index in [0.29, 0.717) is 12.7 Å². The van der Waals surface area contributed by atoms with Crippen LogP contribution in [0.3, 0.4) is 0 Å². The van der Waals surface area contributed by atoms with E-state index in [2.05, 4.69) is 29.5 Å². The van der Waals surface area contributed by atoms with E-state index >= 15 is 0 Å². The third-order valence-corrected chi connectivity index (χ3v) is 5.71. The molecule has 5 nitrogen and oxygen atoms in total. The standard InChI is InChI=1S/C18H20NO3.Li.H2O/c1-20-13-8-15-14-9-17-16(21-11-22-17)7-12(14)3-6-19-5-2-4-18(15,19)10-13;;/h7-10,15H,2-6,11H2,1H3;;1H2/q-1;+1;/p-1/t15-,18-;;/m0../s1. The average Bonchev–Trinajstić information content (AvgIpc) is 3.22. The molecular weight excluding hydrogens is 301 g/mol. The summed E-state index contributed by atoms with van der Waals surface area (Å²) in [5.74, 6) is 3.16. The Morgan fingerprint density at radius 3 is 2.83 bits per heavy atom. The van der Waals surface area contributed by atoms with E-state index in [0.717, 1.165) is 30.2 Å². The van der Waals surface area contributed by atoms with Crippen molar-refractivity contribution in [1.82, 2.24) is 4.90 Å². The number of rotatable bonds is 1. The van der Waals surface area contributed by atoms with Crippen LogP contribution in [0.5, 0.6) is 11.5 Å². The minimum absolute atomic E-state index is 0. The van der Waals surface area contributed by atoms with Gasteiger partial charge in [-0.2, -0.15) is 12.5 Å². The van der Waals surface area contributed by atoms with Crippen molar-refractivity contribution in [2.75, 3.05) is 27.0 Å². The fourth-order valence-electron chi connectivity index (χ4n) is 4.70. The molecule has 1 aromatic rings. The summed E-state index contributed by atoms with van der Waals surface area (Å²) in [5, 5.41) is 0. The molecule has 0 amide bonds. The largest absolute Gasteiger partial charge is 1.00 e. The van der Waals surface area contributed by atoms with Crippen molar-refractivity contribution >= 4 is 0 Å². The van der Waals surface area contributed by atoms with Gasteiger partial charge in [-0.1, -0.05) is 5.92 Å². The monoisotopic (exact) mass is 322 g/mol. The van der Waals surface area contributed by atoms with Crippen molar-refractivity contribution in [1.29, 1.82) is 0 Å². The zero-order valence-corrected chi connectivity index (χ0v) is 14.2. The van der Waals surface area contributed by atoms with Gasteiger partial charge in [0.05, 0.1) is 7.11 Å². The van der Waals surface area contributed by atoms with Crippen LogP contribution in [0.1, 0.15) is 29.9 Å². The van der Waals surface area contributed by atoms with Crippen LogP contribution in [-0.4, -0.2) is 42.9 Å². The van der Waals surface area contributed by atoms with E-state index in [1.54, 1.807) is 7.11 Å². The summed E-state index contributed by atoms with van der Waals surface area (Å²) in [6.45, 7) is 2.62. The van der Waals surface area contributed by atoms with Gasteiger partial charge in [-0.3, -0.25) is 0 Å². The molecule has 5 rings (SSSR count). The van der Waals surface area contributed by atoms with Gasteiger partial charge in [0.25, 0.3) is 0 Å². The number of nitrogens with zero attached hydrogens (tertiary/aromatic N) is 1. The van der Waals surface area contributed by atoms with Crippen LogP contribution in [0.2, 0.25) is 0 Å². The van der Waals surface area contributed by atoms with Crippen molar-refractivity contribution in [3.63, 3.8) is 0 Å². The van der Waals surface area contributed by atoms with Crippen LogP contribution in [0.4, 0.5) is 0 Å². The summed E-state index contributed by atoms with van der Waals surface area (Å²) in [4.78, 5) is 2.65. The van der Waals surface area contributed by atoms with Crippen molar-refractivity contribution < 1.29 is 38.5 Å². The average molecular weight is 322 g/mol. The maximum Gasteiger partial charge on any atom is 1.00 e. The van der Waals surface area contributed by atoms with Crippen molar-refractivity contribution in [2.24, 2.45) is 0 Å². The number of methoxy groups -OCH3 is 1. The minimum atomic E-state index is 0. The van der Waals surface area contributed by atoms with Gasteiger partial charge >= 0.3 is 18.9 Å². The molecule has 0 radical (unpaired) electrons. The fraction of sp³-hybridized carbons (Fsp3) is 0.500. The topological polar surface area (TPSA) is 60.9 Å². The molecule has 0 bridgehead atoms. The van der Waals surface area contributed by atoms with Crippen molar-refractivity contribution in [3.8, 4) is 11.5 Å². The Bertz CT molecular complexity index is 677. The maximum absolute atomic E-state index is 5.62. The number of ether oxygens (including phenoxy) is 3. The molecule has 2 atom stereocenters. The van der Waals surface area contributed by atoms with Crippen LogP contribution in [0.25, 0.3) is 0 Å². The predicted molar refractivity (Wildman–Crippen MR) is 83.9 cm³/mol. The predicted octanol–water partition coefficient (Wildman–Crippen LogP) is -0.535. The first-order valence-electron chi connectivity index (χ1n) is 8.09. The van der Waals surface area contributed by atoms with Crippen molar-refractivity contribution in [3.05, 3.63) is 41.5 Å². The molecule has 0 unspecified atom stereocenters. The van der Waals surface area contributed by atoms with Gasteiger partial charge in [-0.25, -0.2) is 0 Å². The molecule has 4 aliphatic rings. The van der Waals surface area contributed by atoms with Crippen LogP contribution in [0, 0.1) is 6.42 Å². The van der Waals surface area contributed by atoms with E-state index in [1.165, 1.54) is 30.5 Å². The second kappa shape index (κ2) is 6.24. The Morgan fingerprint density at radius 1 is 1.25 bits per heavy atom. The first-order chi connectivity index (χ1) is 10.8. The molecule has 1 N–H and O–H groups in total. The molecule has 0 saturated carbocycles. The number of hydrogen-bond acceptors (Lipinski definition) is 5. The Kier molecular flexibility index (Phi) is 4.56. The molecule has 3 aliphatic heterocycles. The summed E-state index contributed by atoms with van der Waals surface area (Å²) < 4.78 is 16.8. The molecule has 3 heterocycles. The quantitative estimate of drug-likeness (QED) is 0.514. The van der Waals surface area contributed by atoms with Crippen LogP contribution in [-0.2, 0) is 11.2 Å². The Hall–Kier alpha value is -1.25. The van der Waals surface area contributed by atoms with Gasteiger partial charge < -0.3 is 24.6 Å². The maximum atomic E-state index is 5.62. The summed E-state index contributed by atoms with van der Waals surface area (Å²) in [5.41, 5.74) is 2.88. The van der Waals surface area contributed by atoms with Crippen LogP contribution in [0.15, 0.2) is 24.0 Å². The van der Waals surface area contributed by atoms with Gasteiger partial charge in [0, 0.05) is 6.54 Å². The summed E-state index contributed by atoms with van der Waals surface area (Å²) >= 11 is 0. The molecule has 124 valence electrons. The van der Waals surface area contributed by atoms with E-state index < -0.39 is 0 Å². The van der Waals surface area contributed by atoms with Crippen molar-refractivity contribution in [2.45, 2.75) is 30.7 Å². The molecule has 0 aromatic heterocycles. The van der Waals surface area contributed by atoms with Gasteiger partial charge in [0.1, 0.15) is 0 Å². The summed E-state index contributed by atoms with van der Waals surface area (Å²) in [6, 6.07) is 4.39. The molecule has 1 spiro atoms. The Labute approximate surface area is 154 Å². The molecule has 1 saturated heterocycles. The Morgan fingerprint density at radius 2 is 2.04 bits per heavy atom. The van der Waals surface area contributed by atoms with Gasteiger partial charge in [0.2, 0.25) is 6.79 Å². The normalized spacial score (nSPS) is 29.0. The van der Waals surface area contributed by atoms with Crippen LogP contribution >= 0.6 is 0 Å². The molecular formula is C18H21LiNO4-. The Balaban J connectivity index is 0.000000845. The number of benzene rings is 1. The van der Waals surface area contributed by atoms with E-state index in [-0.39, 0.29) is 29.9 Å². The van der Waals surface area contributed by atoms with E-state index in [1.807, 2.05) is 0 Å². The van der Waals surface area contributed by atoms with Gasteiger partial charge in [-0.15, -0.1) is 0 Å². The first kappa shape index (κ1) is 17.6. The molecule has 1 aromatic carbocycles. The minimum Gasteiger partial charge on any atom is -0.870 e. The molecule has 1 fully saturated rings. The molecule has 6 heteroatoms. The molecule has 1 aliphatic carbocycles. The number of hydrogen-bond donors (Lipinski definition) is 0. The first-order valence-corrected chi connectivity index (χ1v) is 8.09. The number of allylic oxidation sites excluding steroid dienone is 1. The third-order valence-electron chi connectivity index (χ3n) is 5.71.